The lowest BCUT2D eigenvalue weighted by Crippen LogP contribution is -2.51. The fraction of sp³-hybridized carbons (Fsp3) is 0.286. The number of unbranched alkanes of at least 4 members (excludes halogenated alkanes) is 1. The van der Waals surface area contributed by atoms with E-state index in [-0.39, 0.29) is 33.1 Å². The molecular formula is C28H29Cl4N3O4S. The number of benzene rings is 3. The molecule has 0 aliphatic rings. The third kappa shape index (κ3) is 8.04. The van der Waals surface area contributed by atoms with Crippen LogP contribution in [-0.2, 0) is 26.2 Å². The van der Waals surface area contributed by atoms with E-state index in [4.69, 9.17) is 46.4 Å². The molecule has 0 radical (unpaired) electrons. The Bertz CT molecular complexity index is 1460. The van der Waals surface area contributed by atoms with Crippen molar-refractivity contribution in [1.82, 2.24) is 10.2 Å². The van der Waals surface area contributed by atoms with Crippen LogP contribution in [0.5, 0.6) is 0 Å². The lowest BCUT2D eigenvalue weighted by Gasteiger charge is -2.32. The van der Waals surface area contributed by atoms with Crippen LogP contribution in [0.1, 0.15) is 32.3 Å². The van der Waals surface area contributed by atoms with Crippen LogP contribution < -0.4 is 9.62 Å². The predicted molar refractivity (Wildman–Crippen MR) is 162 cm³/mol. The first-order chi connectivity index (χ1) is 18.9. The summed E-state index contributed by atoms with van der Waals surface area (Å²) in [7, 11) is -4.22. The van der Waals surface area contributed by atoms with E-state index in [2.05, 4.69) is 5.32 Å². The van der Waals surface area contributed by atoms with E-state index in [0.29, 0.717) is 22.2 Å². The molecule has 0 aromatic heterocycles. The lowest BCUT2D eigenvalue weighted by atomic mass is 10.1. The lowest BCUT2D eigenvalue weighted by molar-refractivity contribution is -0.139. The van der Waals surface area contributed by atoms with Crippen LogP contribution in [0.25, 0.3) is 0 Å². The molecule has 1 atom stereocenters. The number of sulfonamides is 1. The van der Waals surface area contributed by atoms with Gasteiger partial charge in [0, 0.05) is 23.1 Å². The first-order valence-electron chi connectivity index (χ1n) is 12.5. The second-order valence-corrected chi connectivity index (χ2v) is 12.5. The van der Waals surface area contributed by atoms with Crippen molar-refractivity contribution in [3.05, 3.63) is 92.4 Å². The van der Waals surface area contributed by atoms with Gasteiger partial charge in [-0.25, -0.2) is 8.42 Å². The number of hydrogen-bond acceptors (Lipinski definition) is 4. The van der Waals surface area contributed by atoms with Crippen LogP contribution in [0.3, 0.4) is 0 Å². The minimum Gasteiger partial charge on any atom is -0.354 e. The molecule has 3 aromatic rings. The summed E-state index contributed by atoms with van der Waals surface area (Å²) in [5, 5.41) is 3.90. The highest BCUT2D eigenvalue weighted by Crippen LogP contribution is 2.31. The Labute approximate surface area is 255 Å². The van der Waals surface area contributed by atoms with Gasteiger partial charge in [-0.05, 0) is 61.4 Å². The van der Waals surface area contributed by atoms with E-state index in [0.717, 1.165) is 17.1 Å². The van der Waals surface area contributed by atoms with E-state index in [9.17, 15) is 18.0 Å². The average Bonchev–Trinajstić information content (AvgIpc) is 2.93. The van der Waals surface area contributed by atoms with E-state index in [1.165, 1.54) is 41.3 Å². The number of carbonyl (C=O) groups is 2. The molecule has 0 fully saturated rings. The SMILES string of the molecule is CCCCNC(=O)[C@@H](C)N(Cc1ccc(Cl)cc1Cl)C(=O)CN(c1ccc(Cl)c(Cl)c1)S(=O)(=O)c1ccccc1. The summed E-state index contributed by atoms with van der Waals surface area (Å²) in [6, 6.07) is 15.9. The maximum atomic E-state index is 13.9. The van der Waals surface area contributed by atoms with Gasteiger partial charge in [-0.1, -0.05) is 84.0 Å². The summed E-state index contributed by atoms with van der Waals surface area (Å²) in [6.07, 6.45) is 1.66. The molecular weight excluding hydrogens is 616 g/mol. The molecule has 0 saturated carbocycles. The number of rotatable bonds is 12. The monoisotopic (exact) mass is 643 g/mol. The van der Waals surface area contributed by atoms with Gasteiger partial charge in [0.2, 0.25) is 11.8 Å². The Balaban J connectivity index is 2.03. The van der Waals surface area contributed by atoms with Crippen molar-refractivity contribution in [2.75, 3.05) is 17.4 Å². The van der Waals surface area contributed by atoms with Crippen molar-refractivity contribution in [3.63, 3.8) is 0 Å². The minimum absolute atomic E-state index is 0.0217. The maximum Gasteiger partial charge on any atom is 0.264 e. The summed E-state index contributed by atoms with van der Waals surface area (Å²) in [6.45, 7) is 3.35. The van der Waals surface area contributed by atoms with Gasteiger partial charge in [0.05, 0.1) is 20.6 Å². The fourth-order valence-electron chi connectivity index (χ4n) is 3.84. The summed E-state index contributed by atoms with van der Waals surface area (Å²) >= 11 is 24.7. The summed E-state index contributed by atoms with van der Waals surface area (Å²) in [4.78, 5) is 28.2. The zero-order valence-corrected chi connectivity index (χ0v) is 25.8. The Hall–Kier alpha value is -2.49. The quantitative estimate of drug-likeness (QED) is 0.219. The van der Waals surface area contributed by atoms with Crippen molar-refractivity contribution >= 4 is 73.9 Å². The van der Waals surface area contributed by atoms with E-state index >= 15 is 0 Å². The Morgan fingerprint density at radius 3 is 2.23 bits per heavy atom. The van der Waals surface area contributed by atoms with Gasteiger partial charge in [0.1, 0.15) is 12.6 Å². The standard InChI is InChI=1S/C28H29Cl4N3O4S/c1-3-4-14-33-28(37)19(2)34(17-20-10-11-21(29)15-25(20)31)27(36)18-35(22-12-13-24(30)26(32)16-22)40(38,39)23-8-6-5-7-9-23/h5-13,15-16,19H,3-4,14,17-18H2,1-2H3,(H,33,37)/t19-/m1/s1. The first kappa shape index (κ1) is 32.0. The van der Waals surface area contributed by atoms with Crippen molar-refractivity contribution in [2.24, 2.45) is 0 Å². The van der Waals surface area contributed by atoms with Crippen molar-refractivity contribution in [2.45, 2.75) is 44.2 Å². The maximum absolute atomic E-state index is 13.9. The molecule has 7 nitrogen and oxygen atoms in total. The number of nitrogens with one attached hydrogen (secondary N) is 1. The molecule has 0 saturated heterocycles. The van der Waals surface area contributed by atoms with Gasteiger partial charge in [-0.3, -0.25) is 13.9 Å². The van der Waals surface area contributed by atoms with E-state index in [1.54, 1.807) is 37.3 Å². The Morgan fingerprint density at radius 1 is 0.900 bits per heavy atom. The van der Waals surface area contributed by atoms with Gasteiger partial charge < -0.3 is 10.2 Å². The number of anilines is 1. The number of nitrogens with zero attached hydrogens (tertiary/aromatic N) is 2. The second kappa shape index (κ2) is 14.4. The normalized spacial score (nSPS) is 12.1. The zero-order chi connectivity index (χ0) is 29.4. The number of amides is 2. The van der Waals surface area contributed by atoms with Crippen LogP contribution in [0, 0.1) is 0 Å². The summed E-state index contributed by atoms with van der Waals surface area (Å²) in [5.41, 5.74) is 0.677. The number of hydrogen-bond donors (Lipinski definition) is 1. The molecule has 1 N–H and O–H groups in total. The number of halogens is 4. The Kier molecular flexibility index (Phi) is 11.5. The highest BCUT2D eigenvalue weighted by molar-refractivity contribution is 7.92. The van der Waals surface area contributed by atoms with E-state index in [1.807, 2.05) is 6.92 Å². The van der Waals surface area contributed by atoms with Crippen LogP contribution in [-0.4, -0.2) is 44.3 Å². The molecule has 12 heteroatoms. The van der Waals surface area contributed by atoms with Crippen molar-refractivity contribution in [1.29, 1.82) is 0 Å². The molecule has 0 bridgehead atoms. The van der Waals surface area contributed by atoms with Crippen molar-refractivity contribution in [3.8, 4) is 0 Å². The van der Waals surface area contributed by atoms with Crippen molar-refractivity contribution < 1.29 is 18.0 Å². The molecule has 0 aliphatic heterocycles. The van der Waals surface area contributed by atoms with E-state index < -0.39 is 28.5 Å². The second-order valence-electron chi connectivity index (χ2n) is 9.00. The average molecular weight is 645 g/mol. The molecule has 0 unspecified atom stereocenters. The predicted octanol–water partition coefficient (Wildman–Crippen LogP) is 6.83. The zero-order valence-electron chi connectivity index (χ0n) is 21.9. The van der Waals surface area contributed by atoms with Gasteiger partial charge in [-0.15, -0.1) is 0 Å². The summed E-state index contributed by atoms with van der Waals surface area (Å²) in [5.74, 6) is -1.01. The topological polar surface area (TPSA) is 86.8 Å². The fourth-order valence-corrected chi connectivity index (χ4v) is 6.03. The van der Waals surface area contributed by atoms with Gasteiger partial charge >= 0.3 is 0 Å². The number of carbonyl (C=O) groups excluding carboxylic acids is 2. The molecule has 2 amide bonds. The molecule has 40 heavy (non-hydrogen) atoms. The van der Waals surface area contributed by atoms with Gasteiger partial charge in [0.25, 0.3) is 10.0 Å². The third-order valence-electron chi connectivity index (χ3n) is 6.15. The molecule has 3 aromatic carbocycles. The highest BCUT2D eigenvalue weighted by Gasteiger charge is 2.33. The molecule has 0 heterocycles. The van der Waals surface area contributed by atoms with Crippen LogP contribution >= 0.6 is 46.4 Å². The smallest absolute Gasteiger partial charge is 0.264 e. The van der Waals surface area contributed by atoms with Gasteiger partial charge in [-0.2, -0.15) is 0 Å². The molecule has 3 rings (SSSR count). The Morgan fingerprint density at radius 2 is 1.60 bits per heavy atom. The van der Waals surface area contributed by atoms with Crippen LogP contribution in [0.2, 0.25) is 20.1 Å². The molecule has 214 valence electrons. The molecule has 0 spiro atoms. The largest absolute Gasteiger partial charge is 0.354 e. The van der Waals surface area contributed by atoms with Crippen LogP contribution in [0.4, 0.5) is 5.69 Å². The first-order valence-corrected chi connectivity index (χ1v) is 15.4. The minimum atomic E-state index is -4.22. The highest BCUT2D eigenvalue weighted by atomic mass is 35.5. The van der Waals surface area contributed by atoms with Crippen LogP contribution in [0.15, 0.2) is 71.6 Å². The third-order valence-corrected chi connectivity index (χ3v) is 9.27. The summed E-state index contributed by atoms with van der Waals surface area (Å²) < 4.78 is 28.5. The molecule has 0 aliphatic carbocycles. The van der Waals surface area contributed by atoms with Gasteiger partial charge in [0.15, 0.2) is 0 Å².